The van der Waals surface area contributed by atoms with Crippen molar-refractivity contribution in [1.29, 1.82) is 0 Å². The lowest BCUT2D eigenvalue weighted by Gasteiger charge is -2.10. The first kappa shape index (κ1) is 15.1. The summed E-state index contributed by atoms with van der Waals surface area (Å²) in [6, 6.07) is 10.1. The minimum Gasteiger partial charge on any atom is -0.497 e. The van der Waals surface area contributed by atoms with Crippen LogP contribution in [0.3, 0.4) is 0 Å². The maximum absolute atomic E-state index is 5.96. The molecule has 1 heterocycles. The predicted molar refractivity (Wildman–Crippen MR) is 85.1 cm³/mol. The molecule has 1 N–H and O–H groups in total. The first-order valence-corrected chi connectivity index (χ1v) is 7.62. The van der Waals surface area contributed by atoms with Crippen molar-refractivity contribution in [2.75, 3.05) is 13.7 Å². The number of rotatable bonds is 6. The van der Waals surface area contributed by atoms with Gasteiger partial charge in [-0.15, -0.1) is 0 Å². The molecule has 4 heteroatoms. The first-order chi connectivity index (χ1) is 9.65. The van der Waals surface area contributed by atoms with Gasteiger partial charge in [-0.2, -0.15) is 0 Å². The molecule has 0 amide bonds. The Balaban J connectivity index is 2.24. The molecular formula is C16H20BrNO2. The van der Waals surface area contributed by atoms with Crippen LogP contribution in [-0.4, -0.2) is 13.7 Å². The van der Waals surface area contributed by atoms with Gasteiger partial charge in [-0.3, -0.25) is 0 Å². The van der Waals surface area contributed by atoms with E-state index in [9.17, 15) is 0 Å². The lowest BCUT2D eigenvalue weighted by molar-refractivity contribution is 0.414. The zero-order valence-electron chi connectivity index (χ0n) is 12.1. The molecule has 2 aromatic rings. The lowest BCUT2D eigenvalue weighted by Crippen LogP contribution is -2.18. The Bertz CT molecular complexity index is 565. The minimum absolute atomic E-state index is 0.216. The van der Waals surface area contributed by atoms with Crippen LogP contribution in [0.5, 0.6) is 5.75 Å². The van der Waals surface area contributed by atoms with E-state index in [4.69, 9.17) is 9.15 Å². The summed E-state index contributed by atoms with van der Waals surface area (Å²) < 4.78 is 12.2. The van der Waals surface area contributed by atoms with Crippen LogP contribution in [0.15, 0.2) is 39.2 Å². The Morgan fingerprint density at radius 2 is 2.10 bits per heavy atom. The van der Waals surface area contributed by atoms with Crippen LogP contribution in [0.1, 0.15) is 32.1 Å². The third-order valence-corrected chi connectivity index (χ3v) is 3.88. The highest BCUT2D eigenvalue weighted by Crippen LogP contribution is 2.33. The zero-order valence-corrected chi connectivity index (χ0v) is 13.7. The van der Waals surface area contributed by atoms with Crippen LogP contribution in [-0.2, 0) is 0 Å². The van der Waals surface area contributed by atoms with Crippen molar-refractivity contribution in [2.45, 2.75) is 26.3 Å². The Hall–Kier alpha value is -1.26. The summed E-state index contributed by atoms with van der Waals surface area (Å²) in [5, 5.41) is 3.42. The fourth-order valence-corrected chi connectivity index (χ4v) is 2.45. The Kier molecular flexibility index (Phi) is 5.26. The molecule has 1 atom stereocenters. The molecule has 1 aromatic heterocycles. The maximum atomic E-state index is 5.96. The number of halogens is 1. The van der Waals surface area contributed by atoms with Crippen LogP contribution in [0, 0.1) is 0 Å². The van der Waals surface area contributed by atoms with Crippen molar-refractivity contribution < 1.29 is 9.15 Å². The van der Waals surface area contributed by atoms with Gasteiger partial charge in [0, 0.05) is 10.0 Å². The molecule has 3 nitrogen and oxygen atoms in total. The van der Waals surface area contributed by atoms with E-state index in [0.29, 0.717) is 0 Å². The second kappa shape index (κ2) is 6.95. The van der Waals surface area contributed by atoms with E-state index in [-0.39, 0.29) is 6.04 Å². The van der Waals surface area contributed by atoms with E-state index < -0.39 is 0 Å². The molecule has 0 aliphatic heterocycles. The molecule has 20 heavy (non-hydrogen) atoms. The lowest BCUT2D eigenvalue weighted by atomic mass is 10.1. The van der Waals surface area contributed by atoms with Gasteiger partial charge in [0.25, 0.3) is 0 Å². The minimum atomic E-state index is 0.216. The van der Waals surface area contributed by atoms with Crippen molar-refractivity contribution in [3.05, 3.63) is 40.6 Å². The Morgan fingerprint density at radius 1 is 1.30 bits per heavy atom. The van der Waals surface area contributed by atoms with Crippen LogP contribution in [0.4, 0.5) is 0 Å². The topological polar surface area (TPSA) is 34.4 Å². The number of methoxy groups -OCH3 is 1. The maximum Gasteiger partial charge on any atom is 0.135 e. The van der Waals surface area contributed by atoms with Crippen molar-refractivity contribution in [1.82, 2.24) is 5.32 Å². The highest BCUT2D eigenvalue weighted by Gasteiger charge is 2.13. The van der Waals surface area contributed by atoms with Crippen LogP contribution < -0.4 is 10.1 Å². The highest BCUT2D eigenvalue weighted by atomic mass is 79.9. The molecule has 0 fully saturated rings. The number of ether oxygens (including phenoxy) is 1. The molecular weight excluding hydrogens is 318 g/mol. The van der Waals surface area contributed by atoms with Gasteiger partial charge < -0.3 is 14.5 Å². The van der Waals surface area contributed by atoms with Gasteiger partial charge in [0.05, 0.1) is 13.2 Å². The summed E-state index contributed by atoms with van der Waals surface area (Å²) in [5.41, 5.74) is 0.998. The van der Waals surface area contributed by atoms with Gasteiger partial charge in [0.2, 0.25) is 0 Å². The van der Waals surface area contributed by atoms with E-state index in [1.165, 1.54) is 0 Å². The van der Waals surface area contributed by atoms with E-state index in [0.717, 1.165) is 40.3 Å². The number of nitrogens with one attached hydrogen (secondary N) is 1. The van der Waals surface area contributed by atoms with Gasteiger partial charge in [0.15, 0.2) is 0 Å². The predicted octanol–water partition coefficient (Wildman–Crippen LogP) is 4.78. The molecule has 0 saturated carbocycles. The second-order valence-corrected chi connectivity index (χ2v) is 5.58. The van der Waals surface area contributed by atoms with Crippen molar-refractivity contribution in [2.24, 2.45) is 0 Å². The average molecular weight is 338 g/mol. The monoisotopic (exact) mass is 337 g/mol. The third kappa shape index (κ3) is 3.44. The molecule has 1 unspecified atom stereocenters. The molecule has 2 rings (SSSR count). The summed E-state index contributed by atoms with van der Waals surface area (Å²) >= 11 is 3.55. The summed E-state index contributed by atoms with van der Waals surface area (Å²) in [6.45, 7) is 5.25. The van der Waals surface area contributed by atoms with Crippen LogP contribution in [0.25, 0.3) is 11.3 Å². The van der Waals surface area contributed by atoms with Gasteiger partial charge in [-0.1, -0.05) is 22.9 Å². The van der Waals surface area contributed by atoms with Gasteiger partial charge in [0.1, 0.15) is 17.3 Å². The summed E-state index contributed by atoms with van der Waals surface area (Å²) in [4.78, 5) is 0. The van der Waals surface area contributed by atoms with Crippen LogP contribution in [0.2, 0.25) is 0 Å². The van der Waals surface area contributed by atoms with Crippen molar-refractivity contribution in [3.63, 3.8) is 0 Å². The normalized spacial score (nSPS) is 12.4. The van der Waals surface area contributed by atoms with Crippen LogP contribution >= 0.6 is 15.9 Å². The Morgan fingerprint density at radius 3 is 2.80 bits per heavy atom. The number of hydrogen-bond acceptors (Lipinski definition) is 3. The third-order valence-electron chi connectivity index (χ3n) is 3.19. The average Bonchev–Trinajstić information content (AvgIpc) is 2.95. The summed E-state index contributed by atoms with van der Waals surface area (Å²) in [6.07, 6.45) is 1.11. The fraction of sp³-hybridized carbons (Fsp3) is 0.375. The largest absolute Gasteiger partial charge is 0.497 e. The molecule has 0 radical (unpaired) electrons. The standard InChI is InChI=1S/C16H20BrNO2/c1-4-9-18-11(2)15-7-8-16(20-15)13-10-12(19-3)5-6-14(13)17/h5-8,10-11,18H,4,9H2,1-3H3. The SMILES string of the molecule is CCCNC(C)c1ccc(-c2cc(OC)ccc2Br)o1. The molecule has 0 spiro atoms. The Labute approximate surface area is 128 Å². The molecule has 0 aliphatic rings. The molecule has 1 aromatic carbocycles. The van der Waals surface area contributed by atoms with E-state index in [2.05, 4.69) is 35.1 Å². The van der Waals surface area contributed by atoms with Gasteiger partial charge in [-0.25, -0.2) is 0 Å². The molecule has 0 bridgehead atoms. The van der Waals surface area contributed by atoms with Gasteiger partial charge >= 0.3 is 0 Å². The molecule has 0 saturated heterocycles. The summed E-state index contributed by atoms with van der Waals surface area (Å²) in [7, 11) is 1.66. The smallest absolute Gasteiger partial charge is 0.135 e. The fourth-order valence-electron chi connectivity index (χ4n) is 2.01. The molecule has 0 aliphatic carbocycles. The van der Waals surface area contributed by atoms with E-state index in [1.54, 1.807) is 7.11 Å². The summed E-state index contributed by atoms with van der Waals surface area (Å²) in [5.74, 6) is 2.61. The number of hydrogen-bond donors (Lipinski definition) is 1. The molecule has 108 valence electrons. The van der Waals surface area contributed by atoms with E-state index in [1.807, 2.05) is 30.3 Å². The first-order valence-electron chi connectivity index (χ1n) is 6.82. The highest BCUT2D eigenvalue weighted by molar-refractivity contribution is 9.10. The van der Waals surface area contributed by atoms with E-state index >= 15 is 0 Å². The zero-order chi connectivity index (χ0) is 14.5. The quantitative estimate of drug-likeness (QED) is 0.823. The second-order valence-electron chi connectivity index (χ2n) is 4.72. The van der Waals surface area contributed by atoms with Gasteiger partial charge in [-0.05, 0) is 50.2 Å². The van der Waals surface area contributed by atoms with Crippen molar-refractivity contribution >= 4 is 15.9 Å². The van der Waals surface area contributed by atoms with Crippen molar-refractivity contribution in [3.8, 4) is 17.1 Å². The number of benzene rings is 1. The number of furan rings is 1.